The number of amides is 1. The van der Waals surface area contributed by atoms with Crippen LogP contribution < -0.4 is 14.8 Å². The van der Waals surface area contributed by atoms with E-state index in [9.17, 15) is 4.79 Å². The molecule has 2 heterocycles. The Balaban J connectivity index is 1.57. The van der Waals surface area contributed by atoms with Crippen LogP contribution in [0.5, 0.6) is 11.5 Å². The second kappa shape index (κ2) is 7.52. The number of carbonyl (C=O) groups is 1. The van der Waals surface area contributed by atoms with Crippen molar-refractivity contribution in [3.63, 3.8) is 0 Å². The van der Waals surface area contributed by atoms with Crippen molar-refractivity contribution in [3.8, 4) is 11.5 Å². The highest BCUT2D eigenvalue weighted by molar-refractivity contribution is 5.85. The molecule has 2 aliphatic heterocycles. The second-order valence-corrected chi connectivity index (χ2v) is 7.00. The maximum absolute atomic E-state index is 12.7. The van der Waals surface area contributed by atoms with Gasteiger partial charge in [-0.25, -0.2) is 0 Å². The van der Waals surface area contributed by atoms with E-state index in [-0.39, 0.29) is 5.91 Å². The summed E-state index contributed by atoms with van der Waals surface area (Å²) in [6, 6.07) is 6.12. The van der Waals surface area contributed by atoms with Crippen LogP contribution in [-0.4, -0.2) is 56.4 Å². The molecule has 25 heavy (non-hydrogen) atoms. The van der Waals surface area contributed by atoms with Crippen molar-refractivity contribution in [2.24, 2.45) is 0 Å². The van der Waals surface area contributed by atoms with Crippen molar-refractivity contribution in [1.29, 1.82) is 0 Å². The van der Waals surface area contributed by atoms with Crippen LogP contribution >= 0.6 is 0 Å². The molecule has 0 saturated carbocycles. The highest BCUT2D eigenvalue weighted by atomic mass is 16.5. The van der Waals surface area contributed by atoms with Crippen LogP contribution in [0.25, 0.3) is 0 Å². The van der Waals surface area contributed by atoms with Gasteiger partial charge in [0.05, 0.1) is 14.2 Å². The van der Waals surface area contributed by atoms with Gasteiger partial charge in [-0.05, 0) is 32.6 Å². The van der Waals surface area contributed by atoms with Crippen LogP contribution in [0.15, 0.2) is 18.2 Å². The molecule has 2 fully saturated rings. The molecule has 2 aliphatic rings. The zero-order valence-corrected chi connectivity index (χ0v) is 15.3. The molecule has 0 aliphatic carbocycles. The molecule has 0 aromatic heterocycles. The van der Waals surface area contributed by atoms with Gasteiger partial charge in [0.2, 0.25) is 0 Å². The molecule has 0 spiro atoms. The molecule has 1 aromatic rings. The van der Waals surface area contributed by atoms with Crippen molar-refractivity contribution in [2.45, 2.75) is 44.2 Å². The average molecular weight is 348 g/mol. The van der Waals surface area contributed by atoms with Gasteiger partial charge in [0, 0.05) is 49.6 Å². The van der Waals surface area contributed by atoms with Gasteiger partial charge in [0.15, 0.2) is 0 Å². The number of nitrogens with zero attached hydrogens (tertiary/aromatic N) is 1. The van der Waals surface area contributed by atoms with Gasteiger partial charge in [-0.2, -0.15) is 0 Å². The summed E-state index contributed by atoms with van der Waals surface area (Å²) < 4.78 is 16.3. The van der Waals surface area contributed by atoms with Gasteiger partial charge in [-0.3, -0.25) is 4.79 Å². The van der Waals surface area contributed by atoms with E-state index in [1.165, 1.54) is 0 Å². The first-order valence-electron chi connectivity index (χ1n) is 8.97. The highest BCUT2D eigenvalue weighted by Crippen LogP contribution is 2.30. The van der Waals surface area contributed by atoms with Crippen molar-refractivity contribution < 1.29 is 19.0 Å². The fourth-order valence-electron chi connectivity index (χ4n) is 3.64. The monoisotopic (exact) mass is 348 g/mol. The lowest BCUT2D eigenvalue weighted by atomic mass is 9.97. The molecule has 0 radical (unpaired) electrons. The maximum atomic E-state index is 12.7. The van der Waals surface area contributed by atoms with E-state index in [4.69, 9.17) is 14.2 Å². The molecular weight excluding hydrogens is 320 g/mol. The Morgan fingerprint density at radius 1 is 1.20 bits per heavy atom. The van der Waals surface area contributed by atoms with Gasteiger partial charge < -0.3 is 24.4 Å². The van der Waals surface area contributed by atoms with Crippen molar-refractivity contribution in [1.82, 2.24) is 4.90 Å². The van der Waals surface area contributed by atoms with E-state index in [0.29, 0.717) is 12.6 Å². The fraction of sp³-hybridized carbons (Fsp3) is 0.632. The predicted octanol–water partition coefficient (Wildman–Crippen LogP) is 2.68. The molecule has 138 valence electrons. The van der Waals surface area contributed by atoms with Crippen LogP contribution in [0.4, 0.5) is 5.69 Å². The number of likely N-dealkylation sites (tertiary alicyclic amines) is 1. The number of ether oxygens (including phenoxy) is 3. The lowest BCUT2D eigenvalue weighted by Gasteiger charge is -2.37. The number of piperidine rings is 1. The van der Waals surface area contributed by atoms with Gasteiger partial charge in [0.25, 0.3) is 5.91 Å². The number of carbonyl (C=O) groups excluding carboxylic acids is 1. The summed E-state index contributed by atoms with van der Waals surface area (Å²) in [5.41, 5.74) is 0.368. The Hall–Kier alpha value is -1.95. The molecule has 1 aromatic carbocycles. The molecule has 1 N–H and O–H groups in total. The number of hydrogen-bond donors (Lipinski definition) is 1. The van der Waals surface area contributed by atoms with Gasteiger partial charge in [-0.1, -0.05) is 0 Å². The Bertz CT molecular complexity index is 583. The number of nitrogens with one attached hydrogen (secondary N) is 1. The SMILES string of the molecule is COc1cc(NC2CCN(C(=O)[C@]3(C)CCCO3)CC2)cc(OC)c1. The Kier molecular flexibility index (Phi) is 5.37. The van der Waals surface area contributed by atoms with Crippen LogP contribution in [0, 0.1) is 0 Å². The maximum Gasteiger partial charge on any atom is 0.254 e. The van der Waals surface area contributed by atoms with Crippen LogP contribution in [0.3, 0.4) is 0 Å². The van der Waals surface area contributed by atoms with Crippen LogP contribution in [-0.2, 0) is 9.53 Å². The van der Waals surface area contributed by atoms with Gasteiger partial charge >= 0.3 is 0 Å². The Morgan fingerprint density at radius 2 is 1.84 bits per heavy atom. The molecular formula is C19H28N2O4. The third kappa shape index (κ3) is 4.00. The summed E-state index contributed by atoms with van der Waals surface area (Å²) >= 11 is 0. The van der Waals surface area contributed by atoms with Gasteiger partial charge in [0.1, 0.15) is 17.1 Å². The summed E-state index contributed by atoms with van der Waals surface area (Å²) in [5, 5.41) is 3.54. The molecule has 1 amide bonds. The normalized spacial score (nSPS) is 24.2. The van der Waals surface area contributed by atoms with E-state index in [0.717, 1.165) is 56.0 Å². The minimum absolute atomic E-state index is 0.145. The molecule has 0 unspecified atom stereocenters. The number of hydrogen-bond acceptors (Lipinski definition) is 5. The topological polar surface area (TPSA) is 60.0 Å². The van der Waals surface area contributed by atoms with Crippen molar-refractivity contribution >= 4 is 11.6 Å². The van der Waals surface area contributed by atoms with Crippen LogP contribution in [0.1, 0.15) is 32.6 Å². The van der Waals surface area contributed by atoms with Gasteiger partial charge in [-0.15, -0.1) is 0 Å². The first-order chi connectivity index (χ1) is 12.0. The summed E-state index contributed by atoms with van der Waals surface area (Å²) in [4.78, 5) is 14.7. The standard InChI is InChI=1S/C19H28N2O4/c1-19(7-4-10-25-19)18(22)21-8-5-14(6-9-21)20-15-11-16(23-2)13-17(12-15)24-3/h11-14,20H,4-10H2,1-3H3/t19-/m0/s1. The number of methoxy groups -OCH3 is 2. The lowest BCUT2D eigenvalue weighted by Crippen LogP contribution is -2.51. The molecule has 0 bridgehead atoms. The summed E-state index contributed by atoms with van der Waals surface area (Å²) in [7, 11) is 3.29. The first kappa shape index (κ1) is 17.9. The zero-order chi connectivity index (χ0) is 17.9. The van der Waals surface area contributed by atoms with E-state index in [1.807, 2.05) is 30.0 Å². The lowest BCUT2D eigenvalue weighted by molar-refractivity contribution is -0.152. The largest absolute Gasteiger partial charge is 0.497 e. The van der Waals surface area contributed by atoms with Crippen LogP contribution in [0.2, 0.25) is 0 Å². The molecule has 6 heteroatoms. The smallest absolute Gasteiger partial charge is 0.254 e. The summed E-state index contributed by atoms with van der Waals surface area (Å²) in [5.74, 6) is 1.67. The van der Waals surface area contributed by atoms with E-state index in [2.05, 4.69) is 5.32 Å². The van der Waals surface area contributed by atoms with Crippen molar-refractivity contribution in [2.75, 3.05) is 39.2 Å². The Labute approximate surface area is 149 Å². The van der Waals surface area contributed by atoms with E-state index < -0.39 is 5.60 Å². The molecule has 6 nitrogen and oxygen atoms in total. The quantitative estimate of drug-likeness (QED) is 0.886. The minimum Gasteiger partial charge on any atom is -0.497 e. The predicted molar refractivity (Wildman–Crippen MR) is 96.4 cm³/mol. The highest BCUT2D eigenvalue weighted by Gasteiger charge is 2.41. The number of anilines is 1. The van der Waals surface area contributed by atoms with E-state index >= 15 is 0 Å². The average Bonchev–Trinajstić information content (AvgIpc) is 3.09. The Morgan fingerprint density at radius 3 is 2.36 bits per heavy atom. The molecule has 2 saturated heterocycles. The summed E-state index contributed by atoms with van der Waals surface area (Å²) in [6.07, 6.45) is 3.63. The number of benzene rings is 1. The first-order valence-corrected chi connectivity index (χ1v) is 8.97. The van der Waals surface area contributed by atoms with E-state index in [1.54, 1.807) is 14.2 Å². The third-order valence-corrected chi connectivity index (χ3v) is 5.18. The molecule has 3 rings (SSSR count). The minimum atomic E-state index is -0.611. The molecule has 1 atom stereocenters. The second-order valence-electron chi connectivity index (χ2n) is 7.00. The fourth-order valence-corrected chi connectivity index (χ4v) is 3.64. The third-order valence-electron chi connectivity index (χ3n) is 5.18. The summed E-state index contributed by atoms with van der Waals surface area (Å²) in [6.45, 7) is 4.14. The van der Waals surface area contributed by atoms with Crippen molar-refractivity contribution in [3.05, 3.63) is 18.2 Å². The zero-order valence-electron chi connectivity index (χ0n) is 15.3. The number of rotatable bonds is 5.